The van der Waals surface area contributed by atoms with Crippen LogP contribution in [-0.2, 0) is 9.53 Å². The van der Waals surface area contributed by atoms with Gasteiger partial charge in [-0.05, 0) is 6.08 Å². The smallest absolute Gasteiger partial charge is 0.250 e. The van der Waals surface area contributed by atoms with Crippen molar-refractivity contribution in [2.24, 2.45) is 0 Å². The van der Waals surface area contributed by atoms with Crippen LogP contribution in [0.15, 0.2) is 12.7 Å². The van der Waals surface area contributed by atoms with Crippen molar-refractivity contribution in [3.63, 3.8) is 0 Å². The van der Waals surface area contributed by atoms with Gasteiger partial charge in [0.1, 0.15) is 12.8 Å². The van der Waals surface area contributed by atoms with E-state index in [0.29, 0.717) is 13.2 Å². The predicted octanol–water partition coefficient (Wildman–Crippen LogP) is -0.650. The Hall–Kier alpha value is -0.870. The minimum absolute atomic E-state index is 0.0604. The number of nitrogens with zero attached hydrogens (tertiary/aromatic N) is 1. The van der Waals surface area contributed by atoms with Crippen LogP contribution in [0.1, 0.15) is 0 Å². The minimum atomic E-state index is -0.869. The van der Waals surface area contributed by atoms with Crippen LogP contribution in [0.3, 0.4) is 0 Å². The van der Waals surface area contributed by atoms with Crippen molar-refractivity contribution in [2.45, 2.75) is 6.23 Å². The SMILES string of the molecule is C=CC(O)N1CCOCC1=O. The molecule has 11 heavy (non-hydrogen) atoms. The molecule has 1 rings (SSSR count). The number of morpholine rings is 1. The number of hydrogen-bond donors (Lipinski definition) is 1. The van der Waals surface area contributed by atoms with Gasteiger partial charge in [-0.2, -0.15) is 0 Å². The summed E-state index contributed by atoms with van der Waals surface area (Å²) in [6.07, 6.45) is 0.454. The van der Waals surface area contributed by atoms with E-state index in [4.69, 9.17) is 4.74 Å². The lowest BCUT2D eigenvalue weighted by molar-refractivity contribution is -0.151. The largest absolute Gasteiger partial charge is 0.370 e. The van der Waals surface area contributed by atoms with Crippen molar-refractivity contribution < 1.29 is 14.6 Å². The zero-order valence-corrected chi connectivity index (χ0v) is 6.19. The van der Waals surface area contributed by atoms with Gasteiger partial charge >= 0.3 is 0 Å². The highest BCUT2D eigenvalue weighted by molar-refractivity contribution is 5.78. The second-order valence-electron chi connectivity index (χ2n) is 2.29. The number of hydrogen-bond acceptors (Lipinski definition) is 3. The molecule has 62 valence electrons. The Kier molecular flexibility index (Phi) is 2.62. The maximum atomic E-state index is 11.0. The molecule has 0 spiro atoms. The van der Waals surface area contributed by atoms with E-state index in [0.717, 1.165) is 0 Å². The molecule has 1 aliphatic heterocycles. The average molecular weight is 157 g/mol. The molecule has 0 radical (unpaired) electrons. The summed E-state index contributed by atoms with van der Waals surface area (Å²) in [4.78, 5) is 12.3. The molecule has 1 amide bonds. The lowest BCUT2D eigenvalue weighted by Gasteiger charge is -2.29. The van der Waals surface area contributed by atoms with Crippen molar-refractivity contribution in [1.29, 1.82) is 0 Å². The number of aliphatic hydroxyl groups is 1. The van der Waals surface area contributed by atoms with Gasteiger partial charge < -0.3 is 14.7 Å². The maximum absolute atomic E-state index is 11.0. The molecule has 1 heterocycles. The van der Waals surface area contributed by atoms with Crippen LogP contribution in [0.2, 0.25) is 0 Å². The normalized spacial score (nSPS) is 21.5. The predicted molar refractivity (Wildman–Crippen MR) is 38.7 cm³/mol. The summed E-state index contributed by atoms with van der Waals surface area (Å²) in [7, 11) is 0. The van der Waals surface area contributed by atoms with Crippen LogP contribution in [0.5, 0.6) is 0 Å². The van der Waals surface area contributed by atoms with Crippen LogP contribution >= 0.6 is 0 Å². The summed E-state index contributed by atoms with van der Waals surface area (Å²) in [6, 6.07) is 0. The average Bonchev–Trinajstić information content (AvgIpc) is 2.04. The molecule has 0 bridgehead atoms. The molecule has 1 fully saturated rings. The van der Waals surface area contributed by atoms with E-state index >= 15 is 0 Å². The Bertz CT molecular complexity index is 169. The summed E-state index contributed by atoms with van der Waals surface area (Å²) < 4.78 is 4.87. The highest BCUT2D eigenvalue weighted by Crippen LogP contribution is 2.03. The zero-order chi connectivity index (χ0) is 8.27. The maximum Gasteiger partial charge on any atom is 0.250 e. The van der Waals surface area contributed by atoms with E-state index < -0.39 is 6.23 Å². The Morgan fingerprint density at radius 1 is 1.82 bits per heavy atom. The number of ether oxygens (including phenoxy) is 1. The Balaban J connectivity index is 2.53. The van der Waals surface area contributed by atoms with Gasteiger partial charge in [-0.25, -0.2) is 0 Å². The first kappa shape index (κ1) is 8.23. The molecule has 0 aromatic heterocycles. The lowest BCUT2D eigenvalue weighted by Crippen LogP contribution is -2.46. The van der Waals surface area contributed by atoms with Crippen molar-refractivity contribution in [2.75, 3.05) is 19.8 Å². The quantitative estimate of drug-likeness (QED) is 0.542. The number of amides is 1. The zero-order valence-electron chi connectivity index (χ0n) is 6.19. The third kappa shape index (κ3) is 1.78. The van der Waals surface area contributed by atoms with Crippen LogP contribution in [-0.4, -0.2) is 41.9 Å². The van der Waals surface area contributed by atoms with E-state index in [2.05, 4.69) is 6.58 Å². The van der Waals surface area contributed by atoms with E-state index in [1.165, 1.54) is 11.0 Å². The van der Waals surface area contributed by atoms with E-state index in [1.807, 2.05) is 0 Å². The van der Waals surface area contributed by atoms with Crippen molar-refractivity contribution >= 4 is 5.91 Å². The highest BCUT2D eigenvalue weighted by Gasteiger charge is 2.22. The molecule has 0 aromatic carbocycles. The fourth-order valence-corrected chi connectivity index (χ4v) is 0.937. The number of aliphatic hydroxyl groups excluding tert-OH is 1. The van der Waals surface area contributed by atoms with Gasteiger partial charge in [0.2, 0.25) is 0 Å². The van der Waals surface area contributed by atoms with Crippen molar-refractivity contribution in [3.8, 4) is 0 Å². The van der Waals surface area contributed by atoms with Gasteiger partial charge in [-0.1, -0.05) is 6.58 Å². The molecule has 1 atom stereocenters. The van der Waals surface area contributed by atoms with Crippen LogP contribution in [0, 0.1) is 0 Å². The van der Waals surface area contributed by atoms with E-state index in [-0.39, 0.29) is 12.5 Å². The fourth-order valence-electron chi connectivity index (χ4n) is 0.937. The summed E-state index contributed by atoms with van der Waals surface area (Å²) in [5, 5.41) is 9.18. The van der Waals surface area contributed by atoms with Gasteiger partial charge in [-0.3, -0.25) is 4.79 Å². The molecular weight excluding hydrogens is 146 g/mol. The van der Waals surface area contributed by atoms with Gasteiger partial charge in [0.25, 0.3) is 5.91 Å². The van der Waals surface area contributed by atoms with Crippen molar-refractivity contribution in [3.05, 3.63) is 12.7 Å². The Morgan fingerprint density at radius 3 is 3.09 bits per heavy atom. The first-order chi connectivity index (χ1) is 5.25. The molecule has 1 N–H and O–H groups in total. The second-order valence-corrected chi connectivity index (χ2v) is 2.29. The highest BCUT2D eigenvalue weighted by atomic mass is 16.5. The molecule has 4 nitrogen and oxygen atoms in total. The monoisotopic (exact) mass is 157 g/mol. The lowest BCUT2D eigenvalue weighted by atomic mass is 10.3. The number of carbonyl (C=O) groups is 1. The molecule has 0 saturated carbocycles. The molecule has 1 unspecified atom stereocenters. The second kappa shape index (κ2) is 3.50. The van der Waals surface area contributed by atoms with Crippen molar-refractivity contribution in [1.82, 2.24) is 4.90 Å². The summed E-state index contributed by atoms with van der Waals surface area (Å²) in [5.74, 6) is -0.191. The Morgan fingerprint density at radius 2 is 2.55 bits per heavy atom. The number of carbonyl (C=O) groups excluding carboxylic acids is 1. The van der Waals surface area contributed by atoms with Gasteiger partial charge in [0.15, 0.2) is 0 Å². The standard InChI is InChI=1S/C7H11NO3/c1-2-6(9)8-3-4-11-5-7(8)10/h2,6,9H,1,3-5H2. The number of rotatable bonds is 2. The molecular formula is C7H11NO3. The van der Waals surface area contributed by atoms with Gasteiger partial charge in [-0.15, -0.1) is 0 Å². The van der Waals surface area contributed by atoms with E-state index in [9.17, 15) is 9.90 Å². The van der Waals surface area contributed by atoms with Gasteiger partial charge in [0, 0.05) is 6.54 Å². The third-order valence-electron chi connectivity index (χ3n) is 1.55. The summed E-state index contributed by atoms with van der Waals surface area (Å²) >= 11 is 0. The molecule has 4 heteroatoms. The first-order valence-electron chi connectivity index (χ1n) is 3.43. The minimum Gasteiger partial charge on any atom is -0.370 e. The Labute approximate surface area is 65.1 Å². The fraction of sp³-hybridized carbons (Fsp3) is 0.571. The molecule has 0 aromatic rings. The van der Waals surface area contributed by atoms with Gasteiger partial charge in [0.05, 0.1) is 6.61 Å². The summed E-state index contributed by atoms with van der Waals surface area (Å²) in [6.45, 7) is 4.37. The summed E-state index contributed by atoms with van der Waals surface area (Å²) in [5.41, 5.74) is 0. The topological polar surface area (TPSA) is 49.8 Å². The first-order valence-corrected chi connectivity index (χ1v) is 3.43. The van der Waals surface area contributed by atoms with Crippen LogP contribution in [0.25, 0.3) is 0 Å². The molecule has 0 aliphatic carbocycles. The molecule has 1 aliphatic rings. The van der Waals surface area contributed by atoms with E-state index in [1.54, 1.807) is 0 Å². The van der Waals surface area contributed by atoms with Crippen LogP contribution < -0.4 is 0 Å². The molecule has 1 saturated heterocycles. The third-order valence-corrected chi connectivity index (χ3v) is 1.55. The van der Waals surface area contributed by atoms with Crippen LogP contribution in [0.4, 0.5) is 0 Å².